The van der Waals surface area contributed by atoms with E-state index in [4.69, 9.17) is 4.74 Å². The van der Waals surface area contributed by atoms with Gasteiger partial charge in [0.15, 0.2) is 0 Å². The molecule has 0 aromatic heterocycles. The van der Waals surface area contributed by atoms with Crippen LogP contribution in [-0.2, 0) is 4.74 Å². The Hall–Kier alpha value is -2.14. The molecule has 1 aromatic carbocycles. The largest absolute Gasteiger partial charge is 0.375 e. The molecule has 5 heteroatoms. The number of non-ortho nitro benzene ring substituents is 1. The number of benzene rings is 1. The topological polar surface area (TPSA) is 55.6 Å². The third-order valence-electron chi connectivity index (χ3n) is 2.63. The first-order chi connectivity index (χ1) is 9.54. The van der Waals surface area contributed by atoms with Crippen molar-refractivity contribution in [2.24, 2.45) is 0 Å². The Morgan fingerprint density at radius 2 is 2.10 bits per heavy atom. The molecule has 0 saturated carbocycles. The Morgan fingerprint density at radius 1 is 1.45 bits per heavy atom. The molecular weight excluding hydrogens is 256 g/mol. The summed E-state index contributed by atoms with van der Waals surface area (Å²) in [5, 5.41) is 10.6. The predicted octanol–water partition coefficient (Wildman–Crippen LogP) is 3.18. The molecule has 0 bridgehead atoms. The SMILES string of the molecule is C=CCN(CCOCC(=C)C)c1ccc([N+](=O)[O-])cc1. The highest BCUT2D eigenvalue weighted by atomic mass is 16.6. The van der Waals surface area contributed by atoms with Gasteiger partial charge < -0.3 is 9.64 Å². The van der Waals surface area contributed by atoms with E-state index in [0.29, 0.717) is 26.3 Å². The first kappa shape index (κ1) is 15.9. The molecule has 0 aliphatic carbocycles. The second-order valence-electron chi connectivity index (χ2n) is 4.52. The van der Waals surface area contributed by atoms with Crippen molar-refractivity contribution >= 4 is 11.4 Å². The maximum absolute atomic E-state index is 10.6. The van der Waals surface area contributed by atoms with E-state index in [2.05, 4.69) is 18.1 Å². The number of nitrogens with zero attached hydrogens (tertiary/aromatic N) is 2. The summed E-state index contributed by atoms with van der Waals surface area (Å²) in [6, 6.07) is 6.47. The van der Waals surface area contributed by atoms with E-state index in [-0.39, 0.29) is 5.69 Å². The number of hydrogen-bond acceptors (Lipinski definition) is 4. The fourth-order valence-electron chi connectivity index (χ4n) is 1.69. The van der Waals surface area contributed by atoms with Crippen LogP contribution < -0.4 is 4.90 Å². The third-order valence-corrected chi connectivity index (χ3v) is 2.63. The van der Waals surface area contributed by atoms with Crippen molar-refractivity contribution in [2.75, 3.05) is 31.2 Å². The zero-order chi connectivity index (χ0) is 15.0. The van der Waals surface area contributed by atoms with Gasteiger partial charge >= 0.3 is 0 Å². The van der Waals surface area contributed by atoms with Crippen molar-refractivity contribution in [3.05, 3.63) is 59.2 Å². The number of ether oxygens (including phenoxy) is 1. The zero-order valence-corrected chi connectivity index (χ0v) is 11.7. The molecule has 1 aromatic rings. The van der Waals surface area contributed by atoms with Gasteiger partial charge in [0.25, 0.3) is 5.69 Å². The van der Waals surface area contributed by atoms with Crippen LogP contribution in [0.2, 0.25) is 0 Å². The van der Waals surface area contributed by atoms with Gasteiger partial charge in [0.1, 0.15) is 0 Å². The minimum absolute atomic E-state index is 0.0887. The van der Waals surface area contributed by atoms with Gasteiger partial charge in [-0.2, -0.15) is 0 Å². The first-order valence-corrected chi connectivity index (χ1v) is 6.37. The summed E-state index contributed by atoms with van der Waals surface area (Å²) < 4.78 is 5.47. The Kier molecular flexibility index (Phi) is 6.46. The Bertz CT molecular complexity index is 469. The van der Waals surface area contributed by atoms with Gasteiger partial charge in [-0.15, -0.1) is 6.58 Å². The molecule has 0 spiro atoms. The van der Waals surface area contributed by atoms with E-state index in [0.717, 1.165) is 11.3 Å². The van der Waals surface area contributed by atoms with Crippen LogP contribution in [-0.4, -0.2) is 31.2 Å². The average molecular weight is 276 g/mol. The number of rotatable bonds is 9. The Labute approximate surface area is 119 Å². The molecule has 20 heavy (non-hydrogen) atoms. The fraction of sp³-hybridized carbons (Fsp3) is 0.333. The molecule has 1 rings (SSSR count). The van der Waals surface area contributed by atoms with Crippen LogP contribution in [0.25, 0.3) is 0 Å². The van der Waals surface area contributed by atoms with Crippen molar-refractivity contribution in [2.45, 2.75) is 6.92 Å². The van der Waals surface area contributed by atoms with Crippen molar-refractivity contribution in [3.63, 3.8) is 0 Å². The lowest BCUT2D eigenvalue weighted by molar-refractivity contribution is -0.384. The average Bonchev–Trinajstić information content (AvgIpc) is 2.42. The van der Waals surface area contributed by atoms with Gasteiger partial charge in [-0.25, -0.2) is 0 Å². The van der Waals surface area contributed by atoms with Crippen LogP contribution in [0.15, 0.2) is 49.1 Å². The van der Waals surface area contributed by atoms with Crippen LogP contribution >= 0.6 is 0 Å². The summed E-state index contributed by atoms with van der Waals surface area (Å²) in [7, 11) is 0. The predicted molar refractivity (Wildman–Crippen MR) is 81.1 cm³/mol. The molecule has 0 aliphatic rings. The highest BCUT2D eigenvalue weighted by Crippen LogP contribution is 2.19. The molecule has 0 saturated heterocycles. The summed E-state index contributed by atoms with van der Waals surface area (Å²) in [6.45, 7) is 11.9. The fourth-order valence-corrected chi connectivity index (χ4v) is 1.69. The summed E-state index contributed by atoms with van der Waals surface area (Å²) in [4.78, 5) is 12.3. The van der Waals surface area contributed by atoms with Crippen molar-refractivity contribution < 1.29 is 9.66 Å². The van der Waals surface area contributed by atoms with Gasteiger partial charge in [0.05, 0.1) is 18.1 Å². The second kappa shape index (κ2) is 8.12. The molecule has 0 N–H and O–H groups in total. The maximum atomic E-state index is 10.6. The number of nitro groups is 1. The van der Waals surface area contributed by atoms with Crippen LogP contribution in [0, 0.1) is 10.1 Å². The molecule has 0 radical (unpaired) electrons. The Balaban J connectivity index is 2.62. The van der Waals surface area contributed by atoms with E-state index in [9.17, 15) is 10.1 Å². The molecule has 0 fully saturated rings. The molecule has 0 atom stereocenters. The highest BCUT2D eigenvalue weighted by Gasteiger charge is 2.08. The molecule has 0 heterocycles. The lowest BCUT2D eigenvalue weighted by Crippen LogP contribution is -2.27. The normalized spacial score (nSPS) is 10.1. The lowest BCUT2D eigenvalue weighted by Gasteiger charge is -2.23. The minimum Gasteiger partial charge on any atom is -0.375 e. The number of nitro benzene ring substituents is 1. The lowest BCUT2D eigenvalue weighted by atomic mass is 10.2. The smallest absolute Gasteiger partial charge is 0.269 e. The monoisotopic (exact) mass is 276 g/mol. The molecule has 108 valence electrons. The summed E-state index contributed by atoms with van der Waals surface area (Å²) in [6.07, 6.45) is 1.79. The molecule has 0 unspecified atom stereocenters. The van der Waals surface area contributed by atoms with E-state index in [1.54, 1.807) is 18.2 Å². The summed E-state index contributed by atoms with van der Waals surface area (Å²) >= 11 is 0. The molecule has 5 nitrogen and oxygen atoms in total. The zero-order valence-electron chi connectivity index (χ0n) is 11.7. The molecule has 0 aliphatic heterocycles. The molecular formula is C15H20N2O3. The van der Waals surface area contributed by atoms with Crippen molar-refractivity contribution in [1.29, 1.82) is 0 Å². The van der Waals surface area contributed by atoms with Gasteiger partial charge in [-0.05, 0) is 19.1 Å². The van der Waals surface area contributed by atoms with E-state index in [1.165, 1.54) is 12.1 Å². The summed E-state index contributed by atoms with van der Waals surface area (Å²) in [5.41, 5.74) is 1.98. The van der Waals surface area contributed by atoms with Crippen LogP contribution in [0.1, 0.15) is 6.92 Å². The molecule has 0 amide bonds. The van der Waals surface area contributed by atoms with Crippen LogP contribution in [0.5, 0.6) is 0 Å². The van der Waals surface area contributed by atoms with Gasteiger partial charge in [0, 0.05) is 30.9 Å². The number of anilines is 1. The maximum Gasteiger partial charge on any atom is 0.269 e. The second-order valence-corrected chi connectivity index (χ2v) is 4.52. The van der Waals surface area contributed by atoms with E-state index >= 15 is 0 Å². The van der Waals surface area contributed by atoms with Gasteiger partial charge in [-0.1, -0.05) is 18.2 Å². The minimum atomic E-state index is -0.405. The van der Waals surface area contributed by atoms with Crippen LogP contribution in [0.4, 0.5) is 11.4 Å². The quantitative estimate of drug-likeness (QED) is 0.301. The Morgan fingerprint density at radius 3 is 2.60 bits per heavy atom. The van der Waals surface area contributed by atoms with Crippen molar-refractivity contribution in [3.8, 4) is 0 Å². The first-order valence-electron chi connectivity index (χ1n) is 6.37. The van der Waals surface area contributed by atoms with Crippen molar-refractivity contribution in [1.82, 2.24) is 0 Å². The standard InChI is InChI=1S/C15H20N2O3/c1-4-9-16(10-11-20-12-13(2)3)14-5-7-15(8-6-14)17(18)19/h4-8H,1-2,9-12H2,3H3. The summed E-state index contributed by atoms with van der Waals surface area (Å²) in [5.74, 6) is 0. The number of hydrogen-bond donors (Lipinski definition) is 0. The highest BCUT2D eigenvalue weighted by molar-refractivity contribution is 5.51. The third kappa shape index (κ3) is 5.24. The van der Waals surface area contributed by atoms with E-state index in [1.807, 2.05) is 6.92 Å². The van der Waals surface area contributed by atoms with Crippen LogP contribution in [0.3, 0.4) is 0 Å². The van der Waals surface area contributed by atoms with Gasteiger partial charge in [-0.3, -0.25) is 10.1 Å². The van der Waals surface area contributed by atoms with E-state index < -0.39 is 4.92 Å². The van der Waals surface area contributed by atoms with Gasteiger partial charge in [0.2, 0.25) is 0 Å².